The number of cyclic esters (lactones) is 1. The van der Waals surface area contributed by atoms with Crippen LogP contribution in [0, 0.1) is 11.6 Å². The van der Waals surface area contributed by atoms with E-state index in [0.29, 0.717) is 39.1 Å². The second-order valence-corrected chi connectivity index (χ2v) is 6.58. The van der Waals surface area contributed by atoms with Gasteiger partial charge in [-0.3, -0.25) is 4.90 Å². The first kappa shape index (κ1) is 19.3. The van der Waals surface area contributed by atoms with Crippen molar-refractivity contribution < 1.29 is 33.0 Å². The molecule has 0 aromatic heterocycles. The lowest BCUT2D eigenvalue weighted by Gasteiger charge is -2.30. The number of carboxylic acids is 1. The third kappa shape index (κ3) is 3.83. The maximum Gasteiger partial charge on any atom is 0.415 e. The van der Waals surface area contributed by atoms with Crippen molar-refractivity contribution in [3.63, 3.8) is 0 Å². The molecule has 9 heteroatoms. The van der Waals surface area contributed by atoms with Crippen LogP contribution < -0.4 is 9.80 Å². The van der Waals surface area contributed by atoms with E-state index in [1.165, 1.54) is 0 Å². The van der Waals surface area contributed by atoms with Gasteiger partial charge in [0, 0.05) is 25.2 Å². The van der Waals surface area contributed by atoms with Gasteiger partial charge in [0.1, 0.15) is 5.69 Å². The summed E-state index contributed by atoms with van der Waals surface area (Å²) in [5.74, 6) is -2.90. The van der Waals surface area contributed by atoms with Crippen LogP contribution in [-0.4, -0.2) is 55.6 Å². The highest BCUT2D eigenvalue weighted by Gasteiger charge is 2.46. The Balaban J connectivity index is 1.93. The molecular formula is C18H22F2N2O5. The van der Waals surface area contributed by atoms with Gasteiger partial charge in [0.05, 0.1) is 24.9 Å². The van der Waals surface area contributed by atoms with E-state index in [1.807, 2.05) is 6.92 Å². The minimum atomic E-state index is -1.37. The first-order valence-corrected chi connectivity index (χ1v) is 8.98. The van der Waals surface area contributed by atoms with Crippen molar-refractivity contribution in [2.75, 3.05) is 36.1 Å². The fourth-order valence-electron chi connectivity index (χ4n) is 3.50. The second kappa shape index (κ2) is 8.08. The first-order valence-electron chi connectivity index (χ1n) is 8.98. The Morgan fingerprint density at radius 3 is 2.44 bits per heavy atom. The predicted molar refractivity (Wildman–Crippen MR) is 93.1 cm³/mol. The molecule has 1 aromatic carbocycles. The van der Waals surface area contributed by atoms with E-state index < -0.39 is 35.8 Å². The molecule has 3 rings (SSSR count). The zero-order chi connectivity index (χ0) is 19.6. The molecule has 2 fully saturated rings. The number of carbonyl (C=O) groups excluding carboxylic acids is 1. The number of benzene rings is 1. The molecule has 148 valence electrons. The van der Waals surface area contributed by atoms with E-state index in [1.54, 1.807) is 4.90 Å². The lowest BCUT2D eigenvalue weighted by molar-refractivity contribution is -0.145. The highest BCUT2D eigenvalue weighted by Crippen LogP contribution is 2.35. The number of carbonyl (C=O) groups is 2. The smallest absolute Gasteiger partial charge is 0.415 e. The number of anilines is 2. The molecule has 7 nitrogen and oxygen atoms in total. The molecule has 1 aromatic rings. The third-order valence-corrected chi connectivity index (χ3v) is 4.81. The largest absolute Gasteiger partial charge is 0.478 e. The molecule has 0 saturated carbocycles. The van der Waals surface area contributed by atoms with Gasteiger partial charge < -0.3 is 19.5 Å². The van der Waals surface area contributed by atoms with Gasteiger partial charge in [0.2, 0.25) is 6.10 Å². The molecule has 0 radical (unpaired) electrons. The van der Waals surface area contributed by atoms with Crippen LogP contribution in [0.5, 0.6) is 0 Å². The van der Waals surface area contributed by atoms with Crippen molar-refractivity contribution in [3.8, 4) is 0 Å². The van der Waals surface area contributed by atoms with Crippen molar-refractivity contribution in [1.82, 2.24) is 0 Å². The quantitative estimate of drug-likeness (QED) is 0.813. The van der Waals surface area contributed by atoms with E-state index in [4.69, 9.17) is 9.47 Å². The molecule has 27 heavy (non-hydrogen) atoms. The average molecular weight is 384 g/mol. The summed E-state index contributed by atoms with van der Waals surface area (Å²) in [7, 11) is 0. The fourth-order valence-corrected chi connectivity index (χ4v) is 3.50. The standard InChI is InChI=1S/C18H22F2N2O5/c1-2-3-4-14-16(17(23)24)27-18(25)22(14)11-9-12(19)15(13(20)10-11)21-5-7-26-8-6-21/h9-10,14,16H,2-8H2,1H3,(H,23,24)/t14?,16-/m1/s1. The van der Waals surface area contributed by atoms with Gasteiger partial charge in [-0.05, 0) is 6.42 Å². The average Bonchev–Trinajstić information content (AvgIpc) is 2.96. The summed E-state index contributed by atoms with van der Waals surface area (Å²) in [6, 6.07) is 1.29. The molecule has 0 aliphatic carbocycles. The number of unbranched alkanes of at least 4 members (excludes halogenated alkanes) is 1. The number of hydrogen-bond acceptors (Lipinski definition) is 5. The van der Waals surface area contributed by atoms with Gasteiger partial charge in [-0.1, -0.05) is 19.8 Å². The first-order chi connectivity index (χ1) is 12.9. The summed E-state index contributed by atoms with van der Waals surface area (Å²) >= 11 is 0. The Bertz CT molecular complexity index is 701. The summed E-state index contributed by atoms with van der Waals surface area (Å²) in [5, 5.41) is 9.32. The van der Waals surface area contributed by atoms with Crippen molar-refractivity contribution in [2.24, 2.45) is 0 Å². The molecular weight excluding hydrogens is 362 g/mol. The SMILES string of the molecule is CCCCC1[C@H](C(=O)O)OC(=O)N1c1cc(F)c(N2CCOCC2)c(F)c1. The number of amides is 1. The van der Waals surface area contributed by atoms with Crippen LogP contribution in [-0.2, 0) is 14.3 Å². The van der Waals surface area contributed by atoms with Crippen LogP contribution >= 0.6 is 0 Å². The monoisotopic (exact) mass is 384 g/mol. The van der Waals surface area contributed by atoms with Gasteiger partial charge in [-0.25, -0.2) is 18.4 Å². The minimum absolute atomic E-state index is 0.0446. The van der Waals surface area contributed by atoms with E-state index in [9.17, 15) is 23.5 Å². The van der Waals surface area contributed by atoms with Crippen LogP contribution in [0.3, 0.4) is 0 Å². The molecule has 2 aliphatic heterocycles. The van der Waals surface area contributed by atoms with Crippen molar-refractivity contribution in [3.05, 3.63) is 23.8 Å². The van der Waals surface area contributed by atoms with Gasteiger partial charge in [-0.15, -0.1) is 0 Å². The van der Waals surface area contributed by atoms with E-state index in [0.717, 1.165) is 23.5 Å². The molecule has 2 heterocycles. The highest BCUT2D eigenvalue weighted by molar-refractivity contribution is 5.95. The van der Waals surface area contributed by atoms with Crippen molar-refractivity contribution in [2.45, 2.75) is 38.3 Å². The van der Waals surface area contributed by atoms with Gasteiger partial charge >= 0.3 is 12.1 Å². The van der Waals surface area contributed by atoms with Gasteiger partial charge in [-0.2, -0.15) is 0 Å². The Labute approximate surface area is 155 Å². The fraction of sp³-hybridized carbons (Fsp3) is 0.556. The van der Waals surface area contributed by atoms with Crippen molar-refractivity contribution >= 4 is 23.4 Å². The number of carboxylic acid groups (broad SMARTS) is 1. The Morgan fingerprint density at radius 1 is 1.26 bits per heavy atom. The van der Waals surface area contributed by atoms with Gasteiger partial charge in [0.15, 0.2) is 11.6 Å². The maximum absolute atomic E-state index is 14.7. The Morgan fingerprint density at radius 2 is 1.89 bits per heavy atom. The van der Waals surface area contributed by atoms with E-state index in [2.05, 4.69) is 0 Å². The molecule has 0 bridgehead atoms. The zero-order valence-corrected chi connectivity index (χ0v) is 15.0. The van der Waals surface area contributed by atoms with E-state index >= 15 is 0 Å². The van der Waals surface area contributed by atoms with Crippen molar-refractivity contribution in [1.29, 1.82) is 0 Å². The molecule has 2 atom stereocenters. The van der Waals surface area contributed by atoms with Crippen LogP contribution in [0.1, 0.15) is 26.2 Å². The number of rotatable bonds is 6. The molecule has 2 aliphatic rings. The number of halogens is 2. The lowest BCUT2D eigenvalue weighted by atomic mass is 10.0. The van der Waals surface area contributed by atoms with Crippen LogP contribution in [0.25, 0.3) is 0 Å². The maximum atomic E-state index is 14.7. The number of ether oxygens (including phenoxy) is 2. The summed E-state index contributed by atoms with van der Waals surface area (Å²) < 4.78 is 39.5. The molecule has 0 spiro atoms. The summed E-state index contributed by atoms with van der Waals surface area (Å²) in [6.07, 6.45) is -0.495. The Kier molecular flexibility index (Phi) is 5.79. The summed E-state index contributed by atoms with van der Waals surface area (Å²) in [6.45, 7) is 3.39. The highest BCUT2D eigenvalue weighted by atomic mass is 19.1. The molecule has 2 saturated heterocycles. The summed E-state index contributed by atoms with van der Waals surface area (Å²) in [4.78, 5) is 26.3. The zero-order valence-electron chi connectivity index (χ0n) is 15.0. The number of hydrogen-bond donors (Lipinski definition) is 1. The van der Waals surface area contributed by atoms with E-state index in [-0.39, 0.29) is 11.4 Å². The number of aliphatic carboxylic acids is 1. The topological polar surface area (TPSA) is 79.3 Å². The molecule has 1 unspecified atom stereocenters. The number of morpholine rings is 1. The van der Waals surface area contributed by atoms with Gasteiger partial charge in [0.25, 0.3) is 0 Å². The Hall–Kier alpha value is -2.42. The van der Waals surface area contributed by atoms with Crippen LogP contribution in [0.2, 0.25) is 0 Å². The third-order valence-electron chi connectivity index (χ3n) is 4.81. The lowest BCUT2D eigenvalue weighted by Crippen LogP contribution is -2.40. The predicted octanol–water partition coefficient (Wildman–Crippen LogP) is 2.77. The normalized spacial score (nSPS) is 22.9. The minimum Gasteiger partial charge on any atom is -0.478 e. The summed E-state index contributed by atoms with van der Waals surface area (Å²) in [5.41, 5.74) is -0.216. The van der Waals surface area contributed by atoms with Crippen LogP contribution in [0.4, 0.5) is 25.0 Å². The molecule has 1 amide bonds. The number of nitrogens with zero attached hydrogens (tertiary/aromatic N) is 2. The molecule has 1 N–H and O–H groups in total. The van der Waals surface area contributed by atoms with Crippen LogP contribution in [0.15, 0.2) is 12.1 Å². The second-order valence-electron chi connectivity index (χ2n) is 6.58.